The molecule has 0 heterocycles. The van der Waals surface area contributed by atoms with Crippen LogP contribution in [0, 0.1) is 11.8 Å². The Hall–Kier alpha value is -0.0800. The van der Waals surface area contributed by atoms with Gasteiger partial charge in [-0.25, -0.2) is 0 Å². The molecule has 0 saturated carbocycles. The first-order valence-corrected chi connectivity index (χ1v) is 6.06. The topological polar surface area (TPSA) is 29.3 Å². The Labute approximate surface area is 89.9 Å². The fourth-order valence-electron chi connectivity index (χ4n) is 1.58. The predicted octanol–water partition coefficient (Wildman–Crippen LogP) is 2.34. The van der Waals surface area contributed by atoms with E-state index in [1.54, 1.807) is 0 Å². The maximum Gasteiger partial charge on any atom is 0.0105 e. The molecule has 2 nitrogen and oxygen atoms in total. The fourth-order valence-corrected chi connectivity index (χ4v) is 1.58. The monoisotopic (exact) mass is 200 g/mol. The second-order valence-corrected chi connectivity index (χ2v) is 4.58. The van der Waals surface area contributed by atoms with Gasteiger partial charge in [-0.2, -0.15) is 0 Å². The first kappa shape index (κ1) is 13.9. The lowest BCUT2D eigenvalue weighted by molar-refractivity contribution is 0.209. The van der Waals surface area contributed by atoms with Crippen LogP contribution >= 0.6 is 0 Å². The van der Waals surface area contributed by atoms with Crippen LogP contribution in [0.3, 0.4) is 0 Å². The van der Waals surface area contributed by atoms with Crippen molar-refractivity contribution in [2.45, 2.75) is 40.5 Å². The molecular weight excluding hydrogens is 172 g/mol. The summed E-state index contributed by atoms with van der Waals surface area (Å²) in [6, 6.07) is 0. The van der Waals surface area contributed by atoms with E-state index in [2.05, 4.69) is 32.6 Å². The molecule has 0 saturated heterocycles. The van der Waals surface area contributed by atoms with Crippen LogP contribution in [0.4, 0.5) is 0 Å². The van der Waals surface area contributed by atoms with Gasteiger partial charge >= 0.3 is 0 Å². The van der Waals surface area contributed by atoms with Crippen molar-refractivity contribution < 1.29 is 0 Å². The number of hydrogen-bond donors (Lipinski definition) is 1. The number of rotatable bonds is 8. The molecule has 14 heavy (non-hydrogen) atoms. The summed E-state index contributed by atoms with van der Waals surface area (Å²) in [6.45, 7) is 13.4. The Balaban J connectivity index is 3.88. The maximum atomic E-state index is 5.62. The Morgan fingerprint density at radius 2 is 1.43 bits per heavy atom. The average molecular weight is 200 g/mol. The lowest BCUT2D eigenvalue weighted by Crippen LogP contribution is -2.36. The van der Waals surface area contributed by atoms with Crippen LogP contribution in [0.2, 0.25) is 0 Å². The molecule has 86 valence electrons. The summed E-state index contributed by atoms with van der Waals surface area (Å²) in [5.74, 6) is 1.59. The van der Waals surface area contributed by atoms with Crippen molar-refractivity contribution in [3.05, 3.63) is 0 Å². The molecule has 2 atom stereocenters. The molecule has 0 spiro atoms. The van der Waals surface area contributed by atoms with E-state index in [0.717, 1.165) is 24.9 Å². The van der Waals surface area contributed by atoms with Crippen LogP contribution in [-0.4, -0.2) is 31.1 Å². The predicted molar refractivity (Wildman–Crippen MR) is 64.4 cm³/mol. The van der Waals surface area contributed by atoms with Crippen LogP contribution in [0.15, 0.2) is 0 Å². The van der Waals surface area contributed by atoms with Gasteiger partial charge in [-0.15, -0.1) is 0 Å². The second-order valence-electron chi connectivity index (χ2n) is 4.58. The third-order valence-electron chi connectivity index (χ3n) is 2.98. The molecule has 0 radical (unpaired) electrons. The highest BCUT2D eigenvalue weighted by Gasteiger charge is 2.10. The summed E-state index contributed by atoms with van der Waals surface area (Å²) in [7, 11) is 0. The molecule has 2 N–H and O–H groups in total. The summed E-state index contributed by atoms with van der Waals surface area (Å²) in [5, 5.41) is 0. The van der Waals surface area contributed by atoms with Crippen molar-refractivity contribution in [2.75, 3.05) is 26.2 Å². The second kappa shape index (κ2) is 8.25. The molecule has 0 rings (SSSR count). The Bertz CT molecular complexity index is 113. The van der Waals surface area contributed by atoms with Crippen LogP contribution in [0.5, 0.6) is 0 Å². The molecule has 0 fully saturated rings. The van der Waals surface area contributed by atoms with Crippen molar-refractivity contribution in [2.24, 2.45) is 17.6 Å². The molecule has 2 heteroatoms. The first-order chi connectivity index (χ1) is 6.63. The van der Waals surface area contributed by atoms with E-state index in [1.807, 2.05) is 0 Å². The smallest absolute Gasteiger partial charge is 0.0105 e. The largest absolute Gasteiger partial charge is 0.329 e. The number of nitrogens with zero attached hydrogens (tertiary/aromatic N) is 1. The molecule has 0 aromatic rings. The third kappa shape index (κ3) is 6.39. The van der Waals surface area contributed by atoms with Crippen molar-refractivity contribution in [1.29, 1.82) is 0 Å². The summed E-state index contributed by atoms with van der Waals surface area (Å²) in [4.78, 5) is 2.52. The van der Waals surface area contributed by atoms with E-state index in [-0.39, 0.29) is 0 Å². The van der Waals surface area contributed by atoms with E-state index in [9.17, 15) is 0 Å². The highest BCUT2D eigenvalue weighted by Crippen LogP contribution is 2.08. The SMILES string of the molecule is CCC(C)CN(CCN)CC(C)CC. The standard InChI is InChI=1S/C12H28N2/c1-5-11(3)9-14(8-7-13)10-12(4)6-2/h11-12H,5-10,13H2,1-4H3. The highest BCUT2D eigenvalue weighted by atomic mass is 15.1. The van der Waals surface area contributed by atoms with E-state index in [0.29, 0.717) is 0 Å². The van der Waals surface area contributed by atoms with Crippen LogP contribution in [0.25, 0.3) is 0 Å². The van der Waals surface area contributed by atoms with Gasteiger partial charge < -0.3 is 10.6 Å². The van der Waals surface area contributed by atoms with Gasteiger partial charge in [-0.1, -0.05) is 40.5 Å². The van der Waals surface area contributed by atoms with Gasteiger partial charge in [0.25, 0.3) is 0 Å². The molecule has 0 aromatic carbocycles. The zero-order valence-corrected chi connectivity index (χ0v) is 10.4. The minimum Gasteiger partial charge on any atom is -0.329 e. The van der Waals surface area contributed by atoms with Gasteiger partial charge in [0.2, 0.25) is 0 Å². The van der Waals surface area contributed by atoms with E-state index >= 15 is 0 Å². The summed E-state index contributed by atoms with van der Waals surface area (Å²) in [6.07, 6.45) is 2.53. The van der Waals surface area contributed by atoms with Crippen LogP contribution in [-0.2, 0) is 0 Å². The zero-order valence-electron chi connectivity index (χ0n) is 10.4. The molecule has 0 bridgehead atoms. The third-order valence-corrected chi connectivity index (χ3v) is 2.98. The molecule has 0 aliphatic carbocycles. The average Bonchev–Trinajstić information content (AvgIpc) is 2.17. The zero-order chi connectivity index (χ0) is 11.0. The molecular formula is C12H28N2. The fraction of sp³-hybridized carbons (Fsp3) is 1.00. The van der Waals surface area contributed by atoms with E-state index in [1.165, 1.54) is 25.9 Å². The molecule has 0 aliphatic heterocycles. The number of nitrogens with two attached hydrogens (primary N) is 1. The normalized spacial score (nSPS) is 15.9. The molecule has 0 aromatic heterocycles. The molecule has 0 aliphatic rings. The summed E-state index contributed by atoms with van der Waals surface area (Å²) < 4.78 is 0. The van der Waals surface area contributed by atoms with Crippen molar-refractivity contribution in [3.63, 3.8) is 0 Å². The van der Waals surface area contributed by atoms with Crippen LogP contribution < -0.4 is 5.73 Å². The molecule has 0 amide bonds. The Kier molecular flexibility index (Phi) is 8.20. The maximum absolute atomic E-state index is 5.62. The minimum atomic E-state index is 0.785. The lowest BCUT2D eigenvalue weighted by Gasteiger charge is -2.27. The first-order valence-electron chi connectivity index (χ1n) is 6.06. The Morgan fingerprint density at radius 1 is 1.00 bits per heavy atom. The van der Waals surface area contributed by atoms with Crippen molar-refractivity contribution in [3.8, 4) is 0 Å². The molecule has 2 unspecified atom stereocenters. The highest BCUT2D eigenvalue weighted by molar-refractivity contribution is 4.65. The van der Waals surface area contributed by atoms with Gasteiger partial charge in [0.05, 0.1) is 0 Å². The van der Waals surface area contributed by atoms with Gasteiger partial charge in [-0.3, -0.25) is 0 Å². The lowest BCUT2D eigenvalue weighted by atomic mass is 10.1. The van der Waals surface area contributed by atoms with Crippen LogP contribution in [0.1, 0.15) is 40.5 Å². The summed E-state index contributed by atoms with van der Waals surface area (Å²) >= 11 is 0. The van der Waals surface area contributed by atoms with E-state index < -0.39 is 0 Å². The van der Waals surface area contributed by atoms with Gasteiger partial charge in [0.1, 0.15) is 0 Å². The van der Waals surface area contributed by atoms with Gasteiger partial charge in [0.15, 0.2) is 0 Å². The van der Waals surface area contributed by atoms with E-state index in [4.69, 9.17) is 5.73 Å². The Morgan fingerprint density at radius 3 is 1.71 bits per heavy atom. The quantitative estimate of drug-likeness (QED) is 0.651. The van der Waals surface area contributed by atoms with Crippen molar-refractivity contribution >= 4 is 0 Å². The summed E-state index contributed by atoms with van der Waals surface area (Å²) in [5.41, 5.74) is 5.62. The van der Waals surface area contributed by atoms with Crippen molar-refractivity contribution in [1.82, 2.24) is 4.90 Å². The minimum absolute atomic E-state index is 0.785. The van der Waals surface area contributed by atoms with Gasteiger partial charge in [0, 0.05) is 26.2 Å². The van der Waals surface area contributed by atoms with Gasteiger partial charge in [-0.05, 0) is 11.8 Å². The number of hydrogen-bond acceptors (Lipinski definition) is 2.